The predicted molar refractivity (Wildman–Crippen MR) is 387 cm³/mol. The van der Waals surface area contributed by atoms with Crippen LogP contribution in [0.2, 0.25) is 0 Å². The standard InChI is InChI=1S/C76H108F6N12O15/c1-14-46(4)63-71(104)88(7)45-62(97)90(9)55-25-18-17-21-36-93(70(55)103)58(39-47-26-30-50(31-27-47)75(77,78)79)69(102)87(6)44-60(95)83-53(33-29-48-28-32-52(76(80,81)82)59(40-48)108-13)67(100)94-43-51(109-16-3)41-56(94)66(99)85-74(34-22-35-74)73(106)92(11)64(49-23-19-20-24-49)72(105)91(10)57(68(101)86(5)37-38-107-12)42-61(96)89(8)54(15-2)65(98)84-63/h17-18,26-28,30-32,40,46,49,51,53-58,63-64H,14-16,19-25,29,33-39,41-45H2,1-13H3,(H,83,95)(H,84,98)(H,85,99)/b18-17-/t46-,51+,53-,54-,55-,56-,57-,58-,63-,64-/m0/s1. The molecular formula is C76H108F6N12O15. The summed E-state index contributed by atoms with van der Waals surface area (Å²) in [6, 6.07) is -4.49. The average molecular weight is 1540 g/mol. The van der Waals surface area contributed by atoms with Gasteiger partial charge in [0.2, 0.25) is 70.9 Å². The van der Waals surface area contributed by atoms with Crippen LogP contribution >= 0.6 is 0 Å². The Morgan fingerprint density at radius 3 is 1.93 bits per heavy atom. The van der Waals surface area contributed by atoms with Crippen molar-refractivity contribution in [3.63, 3.8) is 0 Å². The SMILES string of the molecule is CCO[C@@H]1C[C@H]2C(=O)NC3(CCC3)C(=O)N(C)[C@@H](C3CCCC3)C(=O)N(C)[C@H](C(=O)N(C)CCOC)CC(=O)N(C)[C@@H](CC)C(=O)N[C@@H]([C@@H](C)CC)C(=O)N(C)CC(=O)N(C)[C@H]3C/C=C\CCN(C3=O)[C@@H](Cc3ccc(C(F)(F)F)cc3)C(=O)N(C)CC(=O)N[C@@H](CCc3ccc(C(F)(F)F)c(OC)c3)C(=O)N2C1. The summed E-state index contributed by atoms with van der Waals surface area (Å²) in [5.74, 6) is -11.1. The van der Waals surface area contributed by atoms with Crippen molar-refractivity contribution in [1.82, 2.24) is 60.0 Å². The second kappa shape index (κ2) is 38.2. The minimum atomic E-state index is -4.83. The molecule has 3 N–H and O–H groups in total. The van der Waals surface area contributed by atoms with Gasteiger partial charge in [-0.1, -0.05) is 70.4 Å². The summed E-state index contributed by atoms with van der Waals surface area (Å²) in [6.07, 6.45) is -5.63. The Hall–Kier alpha value is -8.88. The van der Waals surface area contributed by atoms with E-state index in [-0.39, 0.29) is 95.3 Å². The number of carbonyl (C=O) groups is 12. The van der Waals surface area contributed by atoms with E-state index < -0.39 is 198 Å². The molecule has 0 aromatic heterocycles. The van der Waals surface area contributed by atoms with Crippen LogP contribution < -0.4 is 20.7 Å². The van der Waals surface area contributed by atoms with E-state index in [4.69, 9.17) is 14.2 Å². The molecule has 109 heavy (non-hydrogen) atoms. The van der Waals surface area contributed by atoms with E-state index in [1.54, 1.807) is 39.8 Å². The maximum atomic E-state index is 15.6. The zero-order valence-corrected chi connectivity index (χ0v) is 64.7. The van der Waals surface area contributed by atoms with Crippen LogP contribution in [0.5, 0.6) is 5.75 Å². The summed E-state index contributed by atoms with van der Waals surface area (Å²) >= 11 is 0. The Balaban J connectivity index is 1.35. The number of nitrogens with zero attached hydrogens (tertiary/aromatic N) is 9. The number of amides is 12. The lowest BCUT2D eigenvalue weighted by Crippen LogP contribution is -2.68. The molecule has 10 atom stereocenters. The third kappa shape index (κ3) is 21.2. The summed E-state index contributed by atoms with van der Waals surface area (Å²) in [7, 11) is 11.9. The van der Waals surface area contributed by atoms with Crippen LogP contribution in [0.3, 0.4) is 0 Å². The monoisotopic (exact) mass is 1540 g/mol. The van der Waals surface area contributed by atoms with Gasteiger partial charge in [0.05, 0.1) is 50.5 Å². The van der Waals surface area contributed by atoms with Gasteiger partial charge in [-0.2, -0.15) is 26.3 Å². The number of fused-ring (bicyclic) bond motifs is 3. The largest absolute Gasteiger partial charge is 0.496 e. The van der Waals surface area contributed by atoms with Crippen molar-refractivity contribution in [2.75, 3.05) is 109 Å². The van der Waals surface area contributed by atoms with Gasteiger partial charge in [0, 0.05) is 95.5 Å². The lowest BCUT2D eigenvalue weighted by atomic mass is 9.74. The van der Waals surface area contributed by atoms with Crippen LogP contribution in [-0.2, 0) is 92.2 Å². The molecule has 2 aromatic rings. The lowest BCUT2D eigenvalue weighted by Gasteiger charge is -2.46. The van der Waals surface area contributed by atoms with Crippen LogP contribution in [0, 0.1) is 11.8 Å². The van der Waals surface area contributed by atoms with Crippen molar-refractivity contribution in [3.8, 4) is 5.75 Å². The Kier molecular flexibility index (Phi) is 30.6. The first kappa shape index (κ1) is 87.3. The van der Waals surface area contributed by atoms with Gasteiger partial charge in [-0.25, -0.2) is 0 Å². The van der Waals surface area contributed by atoms with Gasteiger partial charge in [0.25, 0.3) is 0 Å². The highest BCUT2D eigenvalue weighted by atomic mass is 19.4. The molecule has 0 unspecified atom stereocenters. The maximum Gasteiger partial charge on any atom is 0.419 e. The molecule has 2 aliphatic carbocycles. The molecule has 7 rings (SSSR count). The molecular weight excluding hydrogens is 1430 g/mol. The van der Waals surface area contributed by atoms with Crippen LogP contribution in [-0.4, -0.2) is 284 Å². The van der Waals surface area contributed by atoms with Gasteiger partial charge >= 0.3 is 12.4 Å². The van der Waals surface area contributed by atoms with Crippen molar-refractivity contribution in [2.45, 2.75) is 203 Å². The summed E-state index contributed by atoms with van der Waals surface area (Å²) in [5.41, 5.74) is -3.41. The average Bonchev–Trinajstić information content (AvgIpc) is 1.75. The molecule has 12 amide bonds. The summed E-state index contributed by atoms with van der Waals surface area (Å²) in [5, 5.41) is 8.46. The molecule has 2 bridgehead atoms. The zero-order chi connectivity index (χ0) is 80.7. The number of hydrogen-bond donors (Lipinski definition) is 3. The Morgan fingerprint density at radius 2 is 1.34 bits per heavy atom. The summed E-state index contributed by atoms with van der Waals surface area (Å²) in [4.78, 5) is 192. The van der Waals surface area contributed by atoms with Crippen molar-refractivity contribution < 1.29 is 98.1 Å². The van der Waals surface area contributed by atoms with Gasteiger partial charge < -0.3 is 74.3 Å². The van der Waals surface area contributed by atoms with E-state index in [1.165, 1.54) is 77.2 Å². The highest BCUT2D eigenvalue weighted by Crippen LogP contribution is 2.40. The molecule has 3 aliphatic heterocycles. The number of rotatable bonds is 16. The van der Waals surface area contributed by atoms with Crippen LogP contribution in [0.4, 0.5) is 26.3 Å². The number of nitrogens with one attached hydrogen (secondary N) is 3. The molecule has 27 nitrogen and oxygen atoms in total. The molecule has 4 fully saturated rings. The van der Waals surface area contributed by atoms with E-state index in [0.29, 0.717) is 38.5 Å². The van der Waals surface area contributed by atoms with Crippen molar-refractivity contribution in [2.24, 2.45) is 11.8 Å². The van der Waals surface area contributed by atoms with Crippen LogP contribution in [0.15, 0.2) is 54.6 Å². The van der Waals surface area contributed by atoms with Gasteiger partial charge in [-0.3, -0.25) is 57.5 Å². The van der Waals surface area contributed by atoms with Crippen LogP contribution in [0.25, 0.3) is 0 Å². The number of halogens is 6. The van der Waals surface area contributed by atoms with Gasteiger partial charge in [-0.05, 0) is 118 Å². The first-order valence-corrected chi connectivity index (χ1v) is 37.4. The number of alkyl halides is 6. The fourth-order valence-electron chi connectivity index (χ4n) is 15.2. The molecule has 5 aliphatic rings. The number of benzene rings is 2. The first-order chi connectivity index (χ1) is 51.4. The topological polar surface area (TPSA) is 298 Å². The van der Waals surface area contributed by atoms with E-state index >= 15 is 28.8 Å². The highest BCUT2D eigenvalue weighted by Gasteiger charge is 2.54. The number of hydrogen-bond acceptors (Lipinski definition) is 15. The summed E-state index contributed by atoms with van der Waals surface area (Å²) < 4.78 is 101. The Bertz CT molecular complexity index is 3630. The van der Waals surface area contributed by atoms with E-state index in [0.717, 1.165) is 72.9 Å². The number of methoxy groups -OCH3 is 2. The number of ether oxygens (including phenoxy) is 3. The van der Waals surface area contributed by atoms with Crippen molar-refractivity contribution in [1.29, 1.82) is 0 Å². The molecule has 3 heterocycles. The van der Waals surface area contributed by atoms with E-state index in [9.17, 15) is 55.1 Å². The third-order valence-electron chi connectivity index (χ3n) is 22.2. The minimum absolute atomic E-state index is 0.0122. The fourth-order valence-corrected chi connectivity index (χ4v) is 15.2. The van der Waals surface area contributed by atoms with Crippen molar-refractivity contribution >= 4 is 70.9 Å². The second-order valence-corrected chi connectivity index (χ2v) is 29.4. The Labute approximate surface area is 633 Å². The quantitative estimate of drug-likeness (QED) is 0.150. The van der Waals surface area contributed by atoms with Gasteiger partial charge in [-0.15, -0.1) is 0 Å². The summed E-state index contributed by atoms with van der Waals surface area (Å²) in [6.45, 7) is 5.01. The zero-order valence-electron chi connectivity index (χ0n) is 64.7. The van der Waals surface area contributed by atoms with E-state index in [2.05, 4.69) is 16.0 Å². The smallest absolute Gasteiger partial charge is 0.419 e. The number of likely N-dealkylation sites (N-methyl/N-ethyl adjacent to an activating group) is 7. The lowest BCUT2D eigenvalue weighted by molar-refractivity contribution is -0.158. The second-order valence-electron chi connectivity index (χ2n) is 29.4. The molecule has 33 heteroatoms. The molecule has 2 aromatic carbocycles. The molecule has 0 radical (unpaired) electrons. The third-order valence-corrected chi connectivity index (χ3v) is 22.2. The normalized spacial score (nSPS) is 25.9. The minimum Gasteiger partial charge on any atom is -0.496 e. The first-order valence-electron chi connectivity index (χ1n) is 37.4. The van der Waals surface area contributed by atoms with Gasteiger partial charge in [0.15, 0.2) is 0 Å². The predicted octanol–water partition coefficient (Wildman–Crippen LogP) is 4.85. The highest BCUT2D eigenvalue weighted by molar-refractivity contribution is 6.01. The van der Waals surface area contributed by atoms with E-state index in [1.807, 2.05) is 0 Å². The molecule has 2 saturated heterocycles. The van der Waals surface area contributed by atoms with Crippen LogP contribution in [0.1, 0.15) is 140 Å². The Morgan fingerprint density at radius 1 is 0.688 bits per heavy atom. The molecule has 2 saturated carbocycles. The number of aryl methyl sites for hydroxylation is 1. The number of carbonyl (C=O) groups excluding carboxylic acids is 12. The van der Waals surface area contributed by atoms with Crippen molar-refractivity contribution in [3.05, 3.63) is 76.9 Å². The molecule has 604 valence electrons. The maximum absolute atomic E-state index is 15.6. The molecule has 1 spiro atoms. The van der Waals surface area contributed by atoms with Gasteiger partial charge in [0.1, 0.15) is 59.6 Å². The fraction of sp³-hybridized carbons (Fsp3) is 0.658.